The summed E-state index contributed by atoms with van der Waals surface area (Å²) in [6.45, 7) is 2.04. The highest BCUT2D eigenvalue weighted by molar-refractivity contribution is 5.92. The number of rotatable bonds is 0. The molecule has 0 spiro atoms. The molecule has 2 N–H and O–H groups in total. The molecule has 0 aliphatic rings. The molecule has 0 radical (unpaired) electrons. The van der Waals surface area contributed by atoms with E-state index in [0.717, 1.165) is 16.7 Å². The zero-order valence-corrected chi connectivity index (χ0v) is 12.5. The number of nitrogen functional groups attached to an aromatic ring is 1. The third kappa shape index (κ3) is 3.23. The lowest BCUT2D eigenvalue weighted by molar-refractivity contribution is 1.47. The van der Waals surface area contributed by atoms with Gasteiger partial charge in [-0.15, -0.1) is 0 Å². The number of pyridine rings is 1. The molecule has 0 amide bonds. The SMILES string of the molecule is Cc1ccc(N)cc1.c1ccc2nc3ccccc3cc2c1. The topological polar surface area (TPSA) is 38.9 Å². The number of aromatic nitrogens is 1. The van der Waals surface area contributed by atoms with Gasteiger partial charge in [-0.2, -0.15) is 0 Å². The Morgan fingerprint density at radius 2 is 1.18 bits per heavy atom. The highest BCUT2D eigenvalue weighted by Crippen LogP contribution is 2.18. The number of anilines is 1. The van der Waals surface area contributed by atoms with E-state index in [0.29, 0.717) is 0 Å². The van der Waals surface area contributed by atoms with Gasteiger partial charge in [-0.25, -0.2) is 4.98 Å². The van der Waals surface area contributed by atoms with E-state index in [2.05, 4.69) is 23.2 Å². The average Bonchev–Trinajstić information content (AvgIpc) is 2.56. The van der Waals surface area contributed by atoms with E-state index in [-0.39, 0.29) is 0 Å². The number of hydrogen-bond donors (Lipinski definition) is 1. The summed E-state index contributed by atoms with van der Waals surface area (Å²) in [5.41, 5.74) is 9.63. The Balaban J connectivity index is 0.000000154. The van der Waals surface area contributed by atoms with Crippen LogP contribution in [0.1, 0.15) is 5.56 Å². The third-order valence-electron chi connectivity index (χ3n) is 3.50. The maximum Gasteiger partial charge on any atom is 0.0709 e. The predicted molar refractivity (Wildman–Crippen MR) is 94.8 cm³/mol. The van der Waals surface area contributed by atoms with Gasteiger partial charge in [0.25, 0.3) is 0 Å². The number of hydrogen-bond acceptors (Lipinski definition) is 2. The molecule has 4 rings (SSSR count). The van der Waals surface area contributed by atoms with Crippen molar-refractivity contribution in [2.45, 2.75) is 6.92 Å². The Morgan fingerprint density at radius 1 is 0.682 bits per heavy atom. The summed E-state index contributed by atoms with van der Waals surface area (Å²) in [6.07, 6.45) is 0. The Hall–Kier alpha value is -2.87. The molecule has 0 aliphatic heterocycles. The van der Waals surface area contributed by atoms with E-state index in [1.54, 1.807) is 0 Å². The van der Waals surface area contributed by atoms with E-state index in [1.165, 1.54) is 16.3 Å². The molecule has 1 heterocycles. The molecule has 0 saturated heterocycles. The van der Waals surface area contributed by atoms with Gasteiger partial charge in [-0.05, 0) is 37.3 Å². The first-order chi connectivity index (χ1) is 10.7. The maximum atomic E-state index is 5.43. The predicted octanol–water partition coefficient (Wildman–Crippen LogP) is 4.97. The number of nitrogens with zero attached hydrogens (tertiary/aromatic N) is 1. The fourth-order valence-electron chi connectivity index (χ4n) is 2.29. The third-order valence-corrected chi connectivity index (χ3v) is 3.50. The molecular formula is C20H18N2. The van der Waals surface area contributed by atoms with E-state index in [1.807, 2.05) is 67.6 Å². The average molecular weight is 286 g/mol. The largest absolute Gasteiger partial charge is 0.399 e. The van der Waals surface area contributed by atoms with Gasteiger partial charge in [0.15, 0.2) is 0 Å². The molecule has 0 bridgehead atoms. The Kier molecular flexibility index (Phi) is 4.01. The van der Waals surface area contributed by atoms with Gasteiger partial charge in [0.05, 0.1) is 11.0 Å². The lowest BCUT2D eigenvalue weighted by atomic mass is 10.1. The fourth-order valence-corrected chi connectivity index (χ4v) is 2.29. The molecule has 0 aliphatic carbocycles. The monoisotopic (exact) mass is 286 g/mol. The summed E-state index contributed by atoms with van der Waals surface area (Å²) in [7, 11) is 0. The number of aryl methyl sites for hydroxylation is 1. The summed E-state index contributed by atoms with van der Waals surface area (Å²) >= 11 is 0. The Bertz CT molecular complexity index is 770. The highest BCUT2D eigenvalue weighted by atomic mass is 14.7. The lowest BCUT2D eigenvalue weighted by Gasteiger charge is -1.99. The first-order valence-corrected chi connectivity index (χ1v) is 7.29. The van der Waals surface area contributed by atoms with Crippen LogP contribution in [0.4, 0.5) is 5.69 Å². The zero-order chi connectivity index (χ0) is 15.4. The van der Waals surface area contributed by atoms with Crippen LogP contribution in [0.5, 0.6) is 0 Å². The van der Waals surface area contributed by atoms with Gasteiger partial charge in [0, 0.05) is 16.5 Å². The van der Waals surface area contributed by atoms with Gasteiger partial charge >= 0.3 is 0 Å². The van der Waals surface area contributed by atoms with Crippen LogP contribution in [0.15, 0.2) is 78.9 Å². The second-order valence-corrected chi connectivity index (χ2v) is 5.28. The Morgan fingerprint density at radius 3 is 1.68 bits per heavy atom. The summed E-state index contributed by atoms with van der Waals surface area (Å²) in [5.74, 6) is 0. The Labute approximate surface area is 130 Å². The van der Waals surface area contributed by atoms with Crippen molar-refractivity contribution in [3.8, 4) is 0 Å². The second kappa shape index (κ2) is 6.27. The van der Waals surface area contributed by atoms with Crippen molar-refractivity contribution < 1.29 is 0 Å². The molecular weight excluding hydrogens is 268 g/mol. The van der Waals surface area contributed by atoms with Crippen LogP contribution in [-0.2, 0) is 0 Å². The molecule has 0 atom stereocenters. The minimum atomic E-state index is 0.829. The number of fused-ring (bicyclic) bond motifs is 2. The molecule has 1 aromatic heterocycles. The molecule has 0 fully saturated rings. The van der Waals surface area contributed by atoms with Crippen LogP contribution >= 0.6 is 0 Å². The van der Waals surface area contributed by atoms with Crippen molar-refractivity contribution >= 4 is 27.5 Å². The van der Waals surface area contributed by atoms with E-state index in [4.69, 9.17) is 5.73 Å². The summed E-state index contributed by atoms with van der Waals surface area (Å²) < 4.78 is 0. The summed E-state index contributed by atoms with van der Waals surface area (Å²) in [6, 6.07) is 26.4. The van der Waals surface area contributed by atoms with Gasteiger partial charge in [0.2, 0.25) is 0 Å². The first kappa shape index (κ1) is 14.1. The lowest BCUT2D eigenvalue weighted by Crippen LogP contribution is -1.81. The minimum Gasteiger partial charge on any atom is -0.399 e. The van der Waals surface area contributed by atoms with Crippen LogP contribution in [0.3, 0.4) is 0 Å². The number of benzene rings is 3. The van der Waals surface area contributed by atoms with Gasteiger partial charge in [0.1, 0.15) is 0 Å². The van der Waals surface area contributed by atoms with Gasteiger partial charge in [-0.1, -0.05) is 54.1 Å². The van der Waals surface area contributed by atoms with E-state index >= 15 is 0 Å². The normalized spacial score (nSPS) is 10.2. The fraction of sp³-hybridized carbons (Fsp3) is 0.0500. The molecule has 0 saturated carbocycles. The highest BCUT2D eigenvalue weighted by Gasteiger charge is 1.96. The van der Waals surface area contributed by atoms with E-state index in [9.17, 15) is 0 Å². The molecule has 0 unspecified atom stereocenters. The van der Waals surface area contributed by atoms with Crippen molar-refractivity contribution in [3.05, 3.63) is 84.4 Å². The molecule has 2 heteroatoms. The van der Waals surface area contributed by atoms with Crippen LogP contribution < -0.4 is 5.73 Å². The van der Waals surface area contributed by atoms with Gasteiger partial charge in [-0.3, -0.25) is 0 Å². The number of para-hydroxylation sites is 2. The van der Waals surface area contributed by atoms with Crippen molar-refractivity contribution in [2.24, 2.45) is 0 Å². The minimum absolute atomic E-state index is 0.829. The summed E-state index contributed by atoms with van der Waals surface area (Å²) in [5, 5.41) is 2.40. The van der Waals surface area contributed by atoms with Crippen LogP contribution in [-0.4, -0.2) is 4.98 Å². The number of nitrogens with two attached hydrogens (primary N) is 1. The standard InChI is InChI=1S/C13H9N.C7H9N/c1-3-7-12-10(5-1)9-11-6-2-4-8-13(11)14-12;1-6-2-4-7(8)5-3-6/h1-9H;2-5H,8H2,1H3. The molecule has 3 aromatic carbocycles. The smallest absolute Gasteiger partial charge is 0.0709 e. The van der Waals surface area contributed by atoms with Crippen molar-refractivity contribution in [1.29, 1.82) is 0 Å². The first-order valence-electron chi connectivity index (χ1n) is 7.29. The van der Waals surface area contributed by atoms with Crippen molar-refractivity contribution in [1.82, 2.24) is 4.98 Å². The quantitative estimate of drug-likeness (QED) is 0.366. The van der Waals surface area contributed by atoms with E-state index < -0.39 is 0 Å². The zero-order valence-electron chi connectivity index (χ0n) is 12.5. The van der Waals surface area contributed by atoms with Crippen molar-refractivity contribution in [3.63, 3.8) is 0 Å². The van der Waals surface area contributed by atoms with Gasteiger partial charge < -0.3 is 5.73 Å². The second-order valence-electron chi connectivity index (χ2n) is 5.28. The van der Waals surface area contributed by atoms with Crippen molar-refractivity contribution in [2.75, 3.05) is 5.73 Å². The molecule has 2 nitrogen and oxygen atoms in total. The molecule has 4 aromatic rings. The van der Waals surface area contributed by atoms with Crippen LogP contribution in [0.2, 0.25) is 0 Å². The maximum absolute atomic E-state index is 5.43. The van der Waals surface area contributed by atoms with Crippen LogP contribution in [0, 0.1) is 6.92 Å². The molecule has 108 valence electrons. The molecule has 22 heavy (non-hydrogen) atoms. The summed E-state index contributed by atoms with van der Waals surface area (Å²) in [4.78, 5) is 4.58. The van der Waals surface area contributed by atoms with Crippen LogP contribution in [0.25, 0.3) is 21.8 Å².